The molecule has 2 aromatic carbocycles. The first kappa shape index (κ1) is 14.8. The predicted octanol–water partition coefficient (Wildman–Crippen LogP) is 4.72. The highest BCUT2D eigenvalue weighted by molar-refractivity contribution is 8.19. The average molecular weight is 334 g/mol. The molecule has 6 heteroatoms. The summed E-state index contributed by atoms with van der Waals surface area (Å²) in [6.07, 6.45) is 1.38. The standard InChI is InChI=1S/C16H9ClFNO2S/c17-11-5-3-6-12(9-11)19-15(20)14(22-16(19)21)8-10-4-1-2-7-13(10)18/h1-9H/b14-8+. The zero-order valence-corrected chi connectivity index (χ0v) is 12.7. The van der Waals surface area contributed by atoms with E-state index in [1.54, 1.807) is 36.4 Å². The van der Waals surface area contributed by atoms with Gasteiger partial charge < -0.3 is 0 Å². The molecule has 0 radical (unpaired) electrons. The Labute approximate surface area is 135 Å². The minimum absolute atomic E-state index is 0.176. The highest BCUT2D eigenvalue weighted by Gasteiger charge is 2.36. The Balaban J connectivity index is 1.97. The predicted molar refractivity (Wildman–Crippen MR) is 86.3 cm³/mol. The van der Waals surface area contributed by atoms with Gasteiger partial charge in [-0.2, -0.15) is 0 Å². The van der Waals surface area contributed by atoms with Gasteiger partial charge in [-0.05, 0) is 42.1 Å². The topological polar surface area (TPSA) is 37.4 Å². The number of amides is 2. The summed E-state index contributed by atoms with van der Waals surface area (Å²) in [5, 5.41) is -0.00973. The van der Waals surface area contributed by atoms with E-state index in [1.165, 1.54) is 18.2 Å². The van der Waals surface area contributed by atoms with E-state index in [0.29, 0.717) is 10.7 Å². The van der Waals surface area contributed by atoms with Crippen molar-refractivity contribution in [2.75, 3.05) is 4.90 Å². The van der Waals surface area contributed by atoms with Crippen molar-refractivity contribution in [3.63, 3.8) is 0 Å². The van der Waals surface area contributed by atoms with Crippen LogP contribution in [0.15, 0.2) is 53.4 Å². The molecule has 3 nitrogen and oxygen atoms in total. The Hall–Kier alpha value is -2.11. The van der Waals surface area contributed by atoms with Gasteiger partial charge in [0.1, 0.15) is 5.82 Å². The van der Waals surface area contributed by atoms with E-state index in [1.807, 2.05) is 0 Å². The van der Waals surface area contributed by atoms with Crippen molar-refractivity contribution in [2.24, 2.45) is 0 Å². The Kier molecular flexibility index (Phi) is 4.00. The maximum Gasteiger partial charge on any atom is 0.298 e. The monoisotopic (exact) mass is 333 g/mol. The lowest BCUT2D eigenvalue weighted by Crippen LogP contribution is -2.27. The molecule has 3 rings (SSSR count). The maximum atomic E-state index is 13.7. The number of halogens is 2. The highest BCUT2D eigenvalue weighted by Crippen LogP contribution is 2.36. The number of carbonyl (C=O) groups is 2. The molecule has 110 valence electrons. The van der Waals surface area contributed by atoms with E-state index < -0.39 is 17.0 Å². The van der Waals surface area contributed by atoms with E-state index in [4.69, 9.17) is 11.6 Å². The first-order valence-corrected chi connectivity index (χ1v) is 7.54. The summed E-state index contributed by atoms with van der Waals surface area (Å²) in [6, 6.07) is 12.5. The highest BCUT2D eigenvalue weighted by atomic mass is 35.5. The van der Waals surface area contributed by atoms with Crippen molar-refractivity contribution < 1.29 is 14.0 Å². The van der Waals surface area contributed by atoms with Gasteiger partial charge in [-0.3, -0.25) is 9.59 Å². The van der Waals surface area contributed by atoms with E-state index in [-0.39, 0.29) is 10.5 Å². The number of carbonyl (C=O) groups excluding carboxylic acids is 2. The molecule has 0 aliphatic carbocycles. The fraction of sp³-hybridized carbons (Fsp3) is 0. The Morgan fingerprint density at radius 3 is 2.59 bits per heavy atom. The van der Waals surface area contributed by atoms with Crippen LogP contribution in [0.5, 0.6) is 0 Å². The molecule has 0 spiro atoms. The molecule has 1 fully saturated rings. The summed E-state index contributed by atoms with van der Waals surface area (Å²) in [7, 11) is 0. The molecule has 0 saturated carbocycles. The SMILES string of the molecule is O=C1S/C(=C/c2ccccc2F)C(=O)N1c1cccc(Cl)c1. The van der Waals surface area contributed by atoms with Crippen LogP contribution in [0.2, 0.25) is 5.02 Å². The van der Waals surface area contributed by atoms with Crippen molar-refractivity contribution in [1.29, 1.82) is 0 Å². The quantitative estimate of drug-likeness (QED) is 0.746. The molecule has 0 aromatic heterocycles. The molecular weight excluding hydrogens is 325 g/mol. The third-order valence-electron chi connectivity index (χ3n) is 3.05. The minimum atomic E-state index is -0.486. The second-order valence-corrected chi connectivity index (χ2v) is 5.95. The molecule has 0 bridgehead atoms. The van der Waals surface area contributed by atoms with Crippen LogP contribution in [-0.4, -0.2) is 11.1 Å². The molecule has 1 heterocycles. The zero-order chi connectivity index (χ0) is 15.7. The molecule has 1 aliphatic rings. The summed E-state index contributed by atoms with van der Waals surface area (Å²) in [5.41, 5.74) is 0.658. The number of rotatable bonds is 2. The van der Waals surface area contributed by atoms with E-state index in [2.05, 4.69) is 0 Å². The van der Waals surface area contributed by atoms with Crippen LogP contribution in [-0.2, 0) is 4.79 Å². The van der Waals surface area contributed by atoms with Crippen LogP contribution in [0, 0.1) is 5.82 Å². The second kappa shape index (κ2) is 5.94. The number of anilines is 1. The summed E-state index contributed by atoms with van der Waals surface area (Å²) in [5.74, 6) is -0.933. The normalized spacial score (nSPS) is 16.6. The molecular formula is C16H9ClFNO2S. The molecule has 1 aliphatic heterocycles. The first-order chi connectivity index (χ1) is 10.6. The van der Waals surface area contributed by atoms with Crippen LogP contribution < -0.4 is 4.90 Å². The lowest BCUT2D eigenvalue weighted by molar-refractivity contribution is -0.113. The lowest BCUT2D eigenvalue weighted by atomic mass is 10.2. The van der Waals surface area contributed by atoms with E-state index in [0.717, 1.165) is 16.7 Å². The van der Waals surface area contributed by atoms with Gasteiger partial charge in [0.2, 0.25) is 0 Å². The van der Waals surface area contributed by atoms with Crippen molar-refractivity contribution in [1.82, 2.24) is 0 Å². The largest absolute Gasteiger partial charge is 0.298 e. The smallest absolute Gasteiger partial charge is 0.268 e. The number of benzene rings is 2. The van der Waals surface area contributed by atoms with Gasteiger partial charge in [0.25, 0.3) is 11.1 Å². The van der Waals surface area contributed by atoms with Gasteiger partial charge in [0, 0.05) is 10.6 Å². The number of thioether (sulfide) groups is 1. The van der Waals surface area contributed by atoms with Gasteiger partial charge >= 0.3 is 0 Å². The summed E-state index contributed by atoms with van der Waals surface area (Å²) in [4.78, 5) is 25.7. The van der Waals surface area contributed by atoms with E-state index >= 15 is 0 Å². The number of nitrogens with zero attached hydrogens (tertiary/aromatic N) is 1. The Bertz CT molecular complexity index is 806. The van der Waals surface area contributed by atoms with Gasteiger partial charge in [-0.25, -0.2) is 9.29 Å². The van der Waals surface area contributed by atoms with Gasteiger partial charge in [-0.15, -0.1) is 0 Å². The molecule has 2 amide bonds. The molecule has 0 atom stereocenters. The molecule has 22 heavy (non-hydrogen) atoms. The lowest BCUT2D eigenvalue weighted by Gasteiger charge is -2.12. The fourth-order valence-corrected chi connectivity index (χ4v) is 3.06. The molecule has 0 N–H and O–H groups in total. The van der Waals surface area contributed by atoms with Crippen molar-refractivity contribution in [2.45, 2.75) is 0 Å². The van der Waals surface area contributed by atoms with Crippen molar-refractivity contribution >= 4 is 46.3 Å². The number of hydrogen-bond acceptors (Lipinski definition) is 3. The fourth-order valence-electron chi connectivity index (χ4n) is 2.04. The van der Waals surface area contributed by atoms with Crippen LogP contribution in [0.3, 0.4) is 0 Å². The third-order valence-corrected chi connectivity index (χ3v) is 4.16. The molecule has 0 unspecified atom stereocenters. The van der Waals surface area contributed by atoms with Crippen molar-refractivity contribution in [3.05, 3.63) is 69.8 Å². The zero-order valence-electron chi connectivity index (χ0n) is 11.1. The van der Waals surface area contributed by atoms with Gasteiger partial charge in [0.15, 0.2) is 0 Å². The average Bonchev–Trinajstić information content (AvgIpc) is 2.76. The van der Waals surface area contributed by atoms with Gasteiger partial charge in [0.05, 0.1) is 10.6 Å². The number of imide groups is 1. The Morgan fingerprint density at radius 1 is 1.09 bits per heavy atom. The van der Waals surface area contributed by atoms with Crippen molar-refractivity contribution in [3.8, 4) is 0 Å². The Morgan fingerprint density at radius 2 is 1.86 bits per heavy atom. The second-order valence-electron chi connectivity index (χ2n) is 4.52. The maximum absolute atomic E-state index is 13.7. The first-order valence-electron chi connectivity index (χ1n) is 6.34. The van der Waals surface area contributed by atoms with Gasteiger partial charge in [-0.1, -0.05) is 35.9 Å². The van der Waals surface area contributed by atoms with Crippen LogP contribution in [0.1, 0.15) is 5.56 Å². The number of hydrogen-bond donors (Lipinski definition) is 0. The summed E-state index contributed by atoms with van der Waals surface area (Å²) in [6.45, 7) is 0. The van der Waals surface area contributed by atoms with Crippen LogP contribution in [0.25, 0.3) is 6.08 Å². The molecule has 2 aromatic rings. The van der Waals surface area contributed by atoms with Crippen LogP contribution >= 0.6 is 23.4 Å². The van der Waals surface area contributed by atoms with Crippen LogP contribution in [0.4, 0.5) is 14.9 Å². The summed E-state index contributed by atoms with van der Waals surface area (Å²) < 4.78 is 13.7. The third kappa shape index (κ3) is 2.77. The van der Waals surface area contributed by atoms with E-state index in [9.17, 15) is 14.0 Å². The minimum Gasteiger partial charge on any atom is -0.268 e. The molecule has 1 saturated heterocycles. The summed E-state index contributed by atoms with van der Waals surface area (Å²) >= 11 is 6.66.